The van der Waals surface area contributed by atoms with Crippen molar-refractivity contribution in [2.75, 3.05) is 5.88 Å². The molecule has 4 aliphatic rings. The van der Waals surface area contributed by atoms with Crippen LogP contribution in [-0.4, -0.2) is 18.0 Å². The largest absolute Gasteiger partial charge is 0.462 e. The predicted molar refractivity (Wildman–Crippen MR) is 143 cm³/mol. The molecular weight excluding hydrogens is 440 g/mol. The zero-order valence-corrected chi connectivity index (χ0v) is 23.1. The maximum Gasteiger partial charge on any atom is 0.306 e. The maximum absolute atomic E-state index is 12.2. The molecule has 0 aliphatic heterocycles. The summed E-state index contributed by atoms with van der Waals surface area (Å²) >= 11 is 5.75. The molecule has 3 saturated carbocycles. The lowest BCUT2D eigenvalue weighted by molar-refractivity contribution is -0.151. The van der Waals surface area contributed by atoms with Crippen LogP contribution in [0.3, 0.4) is 0 Å². The van der Waals surface area contributed by atoms with Crippen molar-refractivity contribution in [3.63, 3.8) is 0 Å². The number of hydrogen-bond donors (Lipinski definition) is 0. The van der Waals surface area contributed by atoms with Crippen molar-refractivity contribution in [3.8, 4) is 0 Å². The van der Waals surface area contributed by atoms with Crippen molar-refractivity contribution in [2.24, 2.45) is 34.5 Å². The van der Waals surface area contributed by atoms with Gasteiger partial charge in [0.15, 0.2) is 0 Å². The Balaban J connectivity index is 1.35. The van der Waals surface area contributed by atoms with E-state index in [0.717, 1.165) is 42.9 Å². The zero-order chi connectivity index (χ0) is 24.2. The average molecular weight is 491 g/mol. The first-order chi connectivity index (χ1) is 16.4. The maximum atomic E-state index is 12.2. The number of halogens is 1. The molecule has 3 fully saturated rings. The van der Waals surface area contributed by atoms with Crippen LogP contribution >= 0.6 is 11.6 Å². The lowest BCUT2D eigenvalue weighted by atomic mass is 9.47. The monoisotopic (exact) mass is 490 g/mol. The number of esters is 1. The van der Waals surface area contributed by atoms with Crippen molar-refractivity contribution >= 4 is 17.6 Å². The molecule has 2 nitrogen and oxygen atoms in total. The molecule has 0 bridgehead atoms. The SMILES string of the molecule is CCCCCCCC[C@H]1CC[C@H]2[C@@H]3CC=C4C[C@@H](OC(=O)CCCCl)CC[C@]4(C)[C@H]3CC[C@]12C. The first kappa shape index (κ1) is 26.6. The molecule has 0 spiro atoms. The fourth-order valence-electron chi connectivity index (χ4n) is 8.94. The number of rotatable bonds is 11. The second kappa shape index (κ2) is 11.7. The lowest BCUT2D eigenvalue weighted by Gasteiger charge is -2.58. The van der Waals surface area contributed by atoms with E-state index in [9.17, 15) is 4.79 Å². The van der Waals surface area contributed by atoms with E-state index in [2.05, 4.69) is 26.8 Å². The van der Waals surface area contributed by atoms with Gasteiger partial charge in [-0.2, -0.15) is 0 Å². The summed E-state index contributed by atoms with van der Waals surface area (Å²) in [7, 11) is 0. The Kier molecular flexibility index (Phi) is 9.14. The Bertz CT molecular complexity index is 716. The van der Waals surface area contributed by atoms with Gasteiger partial charge in [0.1, 0.15) is 6.10 Å². The second-order valence-electron chi connectivity index (χ2n) is 12.8. The number of carbonyl (C=O) groups is 1. The number of ether oxygens (including phenoxy) is 1. The number of unbranched alkanes of at least 4 members (excludes halogenated alkanes) is 5. The van der Waals surface area contributed by atoms with Crippen molar-refractivity contribution in [3.05, 3.63) is 11.6 Å². The highest BCUT2D eigenvalue weighted by atomic mass is 35.5. The fraction of sp³-hybridized carbons (Fsp3) is 0.903. The Morgan fingerprint density at radius 1 is 1.00 bits per heavy atom. The fourth-order valence-corrected chi connectivity index (χ4v) is 9.07. The smallest absolute Gasteiger partial charge is 0.306 e. The number of carbonyl (C=O) groups excluding carboxylic acids is 1. The van der Waals surface area contributed by atoms with Crippen LogP contribution in [-0.2, 0) is 9.53 Å². The summed E-state index contributed by atoms with van der Waals surface area (Å²) in [5.41, 5.74) is 2.53. The molecule has 4 rings (SSSR count). The quantitative estimate of drug-likeness (QED) is 0.125. The minimum absolute atomic E-state index is 0.0562. The van der Waals surface area contributed by atoms with Gasteiger partial charge in [0.25, 0.3) is 0 Å². The standard InChI is InChI=1S/C31H51ClO2/c1-4-5-6-7-8-9-11-23-14-16-27-26-15-13-24-22-25(34-29(33)12-10-21-32)17-19-31(24,3)28(26)18-20-30(23,27)2/h13,23,25-28H,4-12,14-22H2,1-3H3/t23-,25-,26-,27-,28-,30+,31-/m0/s1. The minimum atomic E-state index is -0.0562. The summed E-state index contributed by atoms with van der Waals surface area (Å²) in [6, 6.07) is 0. The number of hydrogen-bond acceptors (Lipinski definition) is 2. The number of alkyl halides is 1. The third kappa shape index (κ3) is 5.42. The molecule has 194 valence electrons. The molecule has 3 heteroatoms. The highest BCUT2D eigenvalue weighted by molar-refractivity contribution is 6.17. The molecule has 0 radical (unpaired) electrons. The summed E-state index contributed by atoms with van der Waals surface area (Å²) in [6.07, 6.45) is 24.2. The molecule has 0 aromatic heterocycles. The van der Waals surface area contributed by atoms with Gasteiger partial charge in [0.05, 0.1) is 0 Å². The van der Waals surface area contributed by atoms with Gasteiger partial charge in [0, 0.05) is 18.7 Å². The van der Waals surface area contributed by atoms with E-state index in [4.69, 9.17) is 16.3 Å². The third-order valence-electron chi connectivity index (χ3n) is 11.0. The Hall–Kier alpha value is -0.500. The second-order valence-corrected chi connectivity index (χ2v) is 13.2. The molecule has 0 aromatic rings. The molecule has 0 amide bonds. The summed E-state index contributed by atoms with van der Waals surface area (Å²) in [6.45, 7) is 7.55. The lowest BCUT2D eigenvalue weighted by Crippen LogP contribution is -2.50. The summed E-state index contributed by atoms with van der Waals surface area (Å²) in [5, 5.41) is 0. The highest BCUT2D eigenvalue weighted by Gasteiger charge is 2.58. The molecule has 7 atom stereocenters. The minimum Gasteiger partial charge on any atom is -0.462 e. The van der Waals surface area contributed by atoms with Gasteiger partial charge in [-0.3, -0.25) is 4.79 Å². The van der Waals surface area contributed by atoms with Gasteiger partial charge >= 0.3 is 5.97 Å². The predicted octanol–water partition coefficient (Wildman–Crippen LogP) is 9.25. The van der Waals surface area contributed by atoms with Crippen LogP contribution in [0.4, 0.5) is 0 Å². The van der Waals surface area contributed by atoms with Crippen LogP contribution in [0.2, 0.25) is 0 Å². The molecule has 0 heterocycles. The van der Waals surface area contributed by atoms with E-state index in [1.54, 1.807) is 5.57 Å². The van der Waals surface area contributed by atoms with E-state index in [1.807, 2.05) is 0 Å². The Morgan fingerprint density at radius 3 is 2.59 bits per heavy atom. The van der Waals surface area contributed by atoms with Crippen LogP contribution in [0.25, 0.3) is 0 Å². The van der Waals surface area contributed by atoms with E-state index in [1.165, 1.54) is 83.5 Å². The normalized spacial score (nSPS) is 39.1. The van der Waals surface area contributed by atoms with Crippen LogP contribution in [0.5, 0.6) is 0 Å². The molecular formula is C31H51ClO2. The van der Waals surface area contributed by atoms with Crippen LogP contribution < -0.4 is 0 Å². The van der Waals surface area contributed by atoms with Crippen LogP contribution in [0.1, 0.15) is 130 Å². The van der Waals surface area contributed by atoms with Crippen molar-refractivity contribution in [2.45, 2.75) is 136 Å². The first-order valence-corrected chi connectivity index (χ1v) is 15.4. The van der Waals surface area contributed by atoms with Crippen molar-refractivity contribution in [1.82, 2.24) is 0 Å². The molecule has 0 saturated heterocycles. The van der Waals surface area contributed by atoms with Crippen molar-refractivity contribution in [1.29, 1.82) is 0 Å². The average Bonchev–Trinajstić information content (AvgIpc) is 3.16. The third-order valence-corrected chi connectivity index (χ3v) is 11.2. The number of allylic oxidation sites excluding steroid dienone is 1. The van der Waals surface area contributed by atoms with Gasteiger partial charge in [-0.1, -0.05) is 70.9 Å². The zero-order valence-electron chi connectivity index (χ0n) is 22.4. The Labute approximate surface area is 215 Å². The highest BCUT2D eigenvalue weighted by Crippen LogP contribution is 2.66. The molecule has 0 aromatic carbocycles. The van der Waals surface area contributed by atoms with Crippen molar-refractivity contribution < 1.29 is 9.53 Å². The number of fused-ring (bicyclic) bond motifs is 5. The van der Waals surface area contributed by atoms with Crippen LogP contribution in [0.15, 0.2) is 11.6 Å². The molecule has 0 unspecified atom stereocenters. The Morgan fingerprint density at radius 2 is 1.79 bits per heavy atom. The van der Waals surface area contributed by atoms with Gasteiger partial charge in [-0.05, 0) is 92.3 Å². The van der Waals surface area contributed by atoms with E-state index < -0.39 is 0 Å². The van der Waals surface area contributed by atoms with Gasteiger partial charge in [0.2, 0.25) is 0 Å². The summed E-state index contributed by atoms with van der Waals surface area (Å²) in [4.78, 5) is 12.2. The van der Waals surface area contributed by atoms with E-state index >= 15 is 0 Å². The topological polar surface area (TPSA) is 26.3 Å². The molecule has 0 N–H and O–H groups in total. The van der Waals surface area contributed by atoms with Gasteiger partial charge < -0.3 is 4.74 Å². The molecule has 34 heavy (non-hydrogen) atoms. The summed E-state index contributed by atoms with van der Waals surface area (Å²) < 4.78 is 5.85. The summed E-state index contributed by atoms with van der Waals surface area (Å²) in [5.74, 6) is 4.09. The van der Waals surface area contributed by atoms with Gasteiger partial charge in [-0.25, -0.2) is 0 Å². The van der Waals surface area contributed by atoms with E-state index in [0.29, 0.717) is 23.1 Å². The van der Waals surface area contributed by atoms with E-state index in [-0.39, 0.29) is 12.1 Å². The molecule has 4 aliphatic carbocycles. The van der Waals surface area contributed by atoms with Crippen LogP contribution in [0, 0.1) is 34.5 Å². The van der Waals surface area contributed by atoms with Gasteiger partial charge in [-0.15, -0.1) is 11.6 Å². The first-order valence-electron chi connectivity index (χ1n) is 14.9.